The van der Waals surface area contributed by atoms with Crippen LogP contribution in [0.4, 0.5) is 0 Å². The lowest BCUT2D eigenvalue weighted by Crippen LogP contribution is -2.36. The molecule has 0 aromatic heterocycles. The van der Waals surface area contributed by atoms with Gasteiger partial charge in [0.15, 0.2) is 0 Å². The van der Waals surface area contributed by atoms with Crippen molar-refractivity contribution in [3.05, 3.63) is 0 Å². The van der Waals surface area contributed by atoms with E-state index in [0.29, 0.717) is 5.92 Å². The van der Waals surface area contributed by atoms with Crippen LogP contribution < -0.4 is 5.32 Å². The first-order valence-corrected chi connectivity index (χ1v) is 4.79. The zero-order valence-corrected chi connectivity index (χ0v) is 9.29. The fourth-order valence-electron chi connectivity index (χ4n) is 1.33. The topological polar surface area (TPSA) is 55.4 Å². The van der Waals surface area contributed by atoms with Crippen molar-refractivity contribution in [1.29, 1.82) is 0 Å². The Labute approximate surface area is 85.0 Å². The van der Waals surface area contributed by atoms with Gasteiger partial charge in [0.2, 0.25) is 5.91 Å². The lowest BCUT2D eigenvalue weighted by molar-refractivity contribution is -0.141. The van der Waals surface area contributed by atoms with Gasteiger partial charge in [-0.05, 0) is 12.3 Å². The molecule has 1 amide bonds. The SMILES string of the molecule is COC(=O)C[C@H](CC(C)C)NC(C)=O. The Hall–Kier alpha value is -1.06. The number of nitrogens with one attached hydrogen (secondary N) is 1. The summed E-state index contributed by atoms with van der Waals surface area (Å²) in [5.74, 6) is 0.0421. The summed E-state index contributed by atoms with van der Waals surface area (Å²) < 4.78 is 4.55. The average Bonchev–Trinajstić information content (AvgIpc) is 2.01. The van der Waals surface area contributed by atoms with E-state index in [1.165, 1.54) is 14.0 Å². The molecule has 82 valence electrons. The third-order valence-electron chi connectivity index (χ3n) is 1.80. The summed E-state index contributed by atoms with van der Waals surface area (Å²) >= 11 is 0. The van der Waals surface area contributed by atoms with Gasteiger partial charge in [0.25, 0.3) is 0 Å². The van der Waals surface area contributed by atoms with E-state index in [4.69, 9.17) is 0 Å². The molecule has 0 aromatic rings. The van der Waals surface area contributed by atoms with Crippen molar-refractivity contribution < 1.29 is 14.3 Å². The van der Waals surface area contributed by atoms with Gasteiger partial charge in [0.1, 0.15) is 0 Å². The van der Waals surface area contributed by atoms with E-state index in [1.807, 2.05) is 13.8 Å². The number of amides is 1. The summed E-state index contributed by atoms with van der Waals surface area (Å²) in [5.41, 5.74) is 0. The maximum absolute atomic E-state index is 11.0. The minimum absolute atomic E-state index is 0.111. The van der Waals surface area contributed by atoms with E-state index in [-0.39, 0.29) is 24.3 Å². The molecule has 1 atom stereocenters. The van der Waals surface area contributed by atoms with Crippen molar-refractivity contribution in [2.75, 3.05) is 7.11 Å². The molecule has 0 aliphatic rings. The van der Waals surface area contributed by atoms with Crippen molar-refractivity contribution in [1.82, 2.24) is 5.32 Å². The van der Waals surface area contributed by atoms with Crippen LogP contribution in [-0.2, 0) is 14.3 Å². The fourth-order valence-corrected chi connectivity index (χ4v) is 1.33. The predicted molar refractivity (Wildman–Crippen MR) is 53.7 cm³/mol. The van der Waals surface area contributed by atoms with Gasteiger partial charge in [-0.15, -0.1) is 0 Å². The summed E-state index contributed by atoms with van der Waals surface area (Å²) in [6.07, 6.45) is 1.03. The summed E-state index contributed by atoms with van der Waals surface area (Å²) in [6, 6.07) is -0.111. The molecule has 0 saturated carbocycles. The first-order valence-electron chi connectivity index (χ1n) is 4.79. The van der Waals surface area contributed by atoms with E-state index < -0.39 is 0 Å². The van der Waals surface area contributed by atoms with Gasteiger partial charge in [-0.2, -0.15) is 0 Å². The highest BCUT2D eigenvalue weighted by Gasteiger charge is 2.16. The number of carbonyl (C=O) groups is 2. The van der Waals surface area contributed by atoms with Gasteiger partial charge in [-0.25, -0.2) is 0 Å². The molecule has 0 spiro atoms. The Bertz CT molecular complexity index is 202. The summed E-state index contributed by atoms with van der Waals surface area (Å²) in [7, 11) is 1.35. The zero-order chi connectivity index (χ0) is 11.1. The van der Waals surface area contributed by atoms with Crippen LogP contribution in [0.15, 0.2) is 0 Å². The molecule has 0 aliphatic carbocycles. The second-order valence-corrected chi connectivity index (χ2v) is 3.81. The van der Waals surface area contributed by atoms with Gasteiger partial charge in [0, 0.05) is 13.0 Å². The number of hydrogen-bond acceptors (Lipinski definition) is 3. The van der Waals surface area contributed by atoms with Gasteiger partial charge in [0.05, 0.1) is 13.5 Å². The zero-order valence-electron chi connectivity index (χ0n) is 9.29. The van der Waals surface area contributed by atoms with Crippen LogP contribution in [0.2, 0.25) is 0 Å². The summed E-state index contributed by atoms with van der Waals surface area (Å²) in [4.78, 5) is 21.9. The predicted octanol–water partition coefficient (Wildman–Crippen LogP) is 1.10. The minimum atomic E-state index is -0.288. The second-order valence-electron chi connectivity index (χ2n) is 3.81. The normalized spacial score (nSPS) is 12.4. The maximum atomic E-state index is 11.0. The minimum Gasteiger partial charge on any atom is -0.469 e. The first-order chi connectivity index (χ1) is 6.45. The van der Waals surface area contributed by atoms with E-state index in [2.05, 4.69) is 10.1 Å². The van der Waals surface area contributed by atoms with Crippen LogP contribution in [0, 0.1) is 5.92 Å². The van der Waals surface area contributed by atoms with Crippen LogP contribution in [0.1, 0.15) is 33.6 Å². The monoisotopic (exact) mass is 201 g/mol. The molecule has 0 aromatic carbocycles. The van der Waals surface area contributed by atoms with Crippen LogP contribution >= 0.6 is 0 Å². The molecule has 14 heavy (non-hydrogen) atoms. The van der Waals surface area contributed by atoms with Crippen LogP contribution in [0.3, 0.4) is 0 Å². The Morgan fingerprint density at radius 2 is 1.93 bits per heavy atom. The maximum Gasteiger partial charge on any atom is 0.307 e. The highest BCUT2D eigenvalue weighted by molar-refractivity contribution is 5.75. The highest BCUT2D eigenvalue weighted by atomic mass is 16.5. The van der Waals surface area contributed by atoms with E-state index in [9.17, 15) is 9.59 Å². The van der Waals surface area contributed by atoms with Crippen LogP contribution in [0.25, 0.3) is 0 Å². The Morgan fingerprint density at radius 3 is 2.29 bits per heavy atom. The van der Waals surface area contributed by atoms with Crippen LogP contribution in [0.5, 0.6) is 0 Å². The molecule has 0 fully saturated rings. The van der Waals surface area contributed by atoms with Crippen LogP contribution in [-0.4, -0.2) is 25.0 Å². The largest absolute Gasteiger partial charge is 0.469 e. The summed E-state index contributed by atoms with van der Waals surface area (Å²) in [5, 5.41) is 2.74. The lowest BCUT2D eigenvalue weighted by atomic mass is 10.0. The molecular weight excluding hydrogens is 182 g/mol. The molecule has 0 unspecified atom stereocenters. The van der Waals surface area contributed by atoms with Gasteiger partial charge in [-0.1, -0.05) is 13.8 Å². The van der Waals surface area contributed by atoms with E-state index >= 15 is 0 Å². The second kappa shape index (κ2) is 6.40. The number of rotatable bonds is 5. The van der Waals surface area contributed by atoms with Crippen molar-refractivity contribution >= 4 is 11.9 Å². The number of methoxy groups -OCH3 is 1. The molecule has 4 heteroatoms. The van der Waals surface area contributed by atoms with Gasteiger partial charge >= 0.3 is 5.97 Å². The molecule has 0 radical (unpaired) electrons. The number of ether oxygens (including phenoxy) is 1. The highest BCUT2D eigenvalue weighted by Crippen LogP contribution is 2.08. The first kappa shape index (κ1) is 12.9. The molecule has 4 nitrogen and oxygen atoms in total. The number of carbonyl (C=O) groups excluding carboxylic acids is 2. The average molecular weight is 201 g/mol. The van der Waals surface area contributed by atoms with Crippen molar-refractivity contribution in [3.8, 4) is 0 Å². The molecule has 0 bridgehead atoms. The molecule has 1 N–H and O–H groups in total. The van der Waals surface area contributed by atoms with E-state index in [1.54, 1.807) is 0 Å². The third-order valence-corrected chi connectivity index (χ3v) is 1.80. The lowest BCUT2D eigenvalue weighted by Gasteiger charge is -2.18. The summed E-state index contributed by atoms with van der Waals surface area (Å²) in [6.45, 7) is 5.54. The van der Waals surface area contributed by atoms with E-state index in [0.717, 1.165) is 6.42 Å². The Balaban J connectivity index is 4.09. The molecule has 0 rings (SSSR count). The van der Waals surface area contributed by atoms with Crippen molar-refractivity contribution in [2.45, 2.75) is 39.7 Å². The third kappa shape index (κ3) is 6.46. The quantitative estimate of drug-likeness (QED) is 0.678. The van der Waals surface area contributed by atoms with Crippen molar-refractivity contribution in [3.63, 3.8) is 0 Å². The molecular formula is C10H19NO3. The Morgan fingerprint density at radius 1 is 1.36 bits per heavy atom. The number of hydrogen-bond donors (Lipinski definition) is 1. The molecule has 0 aliphatic heterocycles. The fraction of sp³-hybridized carbons (Fsp3) is 0.800. The van der Waals surface area contributed by atoms with Crippen molar-refractivity contribution in [2.24, 2.45) is 5.92 Å². The molecule has 0 saturated heterocycles. The number of esters is 1. The van der Waals surface area contributed by atoms with Gasteiger partial charge < -0.3 is 10.1 Å². The molecule has 0 heterocycles. The standard InChI is InChI=1S/C10H19NO3/c1-7(2)5-9(11-8(3)12)6-10(13)14-4/h7,9H,5-6H2,1-4H3,(H,11,12)/t9-/m0/s1. The van der Waals surface area contributed by atoms with Gasteiger partial charge in [-0.3, -0.25) is 9.59 Å². The Kier molecular flexibility index (Phi) is 5.92. The smallest absolute Gasteiger partial charge is 0.307 e.